The predicted octanol–water partition coefficient (Wildman–Crippen LogP) is 2.39. The lowest BCUT2D eigenvalue weighted by atomic mass is 10.2. The summed E-state index contributed by atoms with van der Waals surface area (Å²) in [7, 11) is 1.62. The van der Waals surface area contributed by atoms with E-state index in [9.17, 15) is 0 Å². The topological polar surface area (TPSA) is 76.5 Å². The van der Waals surface area contributed by atoms with Crippen molar-refractivity contribution in [2.24, 2.45) is 0 Å². The van der Waals surface area contributed by atoms with Gasteiger partial charge in [0.1, 0.15) is 17.9 Å². The van der Waals surface area contributed by atoms with Crippen molar-refractivity contribution < 1.29 is 9.47 Å². The van der Waals surface area contributed by atoms with Crippen molar-refractivity contribution in [3.8, 4) is 17.5 Å². The third kappa shape index (κ3) is 4.52. The quantitative estimate of drug-likeness (QED) is 0.647. The van der Waals surface area contributed by atoms with Crippen LogP contribution in [-0.2, 0) is 6.54 Å². The molecule has 0 spiro atoms. The summed E-state index contributed by atoms with van der Waals surface area (Å²) in [6.45, 7) is 4.71. The third-order valence-electron chi connectivity index (χ3n) is 4.62. The molecule has 0 amide bonds. The lowest BCUT2D eigenvalue weighted by molar-refractivity contribution is 0.249. The molecule has 4 rings (SSSR count). The van der Waals surface area contributed by atoms with Crippen LogP contribution in [0.2, 0.25) is 0 Å². The molecule has 28 heavy (non-hydrogen) atoms. The number of hydrogen-bond acceptors (Lipinski definition) is 8. The lowest BCUT2D eigenvalue weighted by Crippen LogP contribution is -2.46. The van der Waals surface area contributed by atoms with E-state index >= 15 is 0 Å². The number of anilines is 1. The molecule has 3 aromatic rings. The van der Waals surface area contributed by atoms with Crippen LogP contribution < -0.4 is 14.4 Å². The molecule has 1 aliphatic rings. The molecular weight excluding hydrogens is 356 g/mol. The molecule has 8 heteroatoms. The highest BCUT2D eigenvalue weighted by Crippen LogP contribution is 2.21. The Hall–Kier alpha value is -3.26. The summed E-state index contributed by atoms with van der Waals surface area (Å²) in [6.07, 6.45) is 6.38. The SMILES string of the molecule is COc1cc(N2CCN(Cc3ccc(Oc4cnccn4)cc3)CC2)ncn1. The van der Waals surface area contributed by atoms with Crippen molar-refractivity contribution in [2.45, 2.75) is 6.54 Å². The van der Waals surface area contributed by atoms with E-state index in [-0.39, 0.29) is 0 Å². The Kier molecular flexibility index (Phi) is 5.58. The van der Waals surface area contributed by atoms with Crippen LogP contribution >= 0.6 is 0 Å². The maximum Gasteiger partial charge on any atom is 0.237 e. The standard InChI is InChI=1S/C20H22N6O2/c1-27-19-12-18(23-15-24-19)26-10-8-25(9-11-26)14-16-2-4-17(5-3-16)28-20-13-21-6-7-22-20/h2-7,12-13,15H,8-11,14H2,1H3. The van der Waals surface area contributed by atoms with Crippen LogP contribution in [0, 0.1) is 0 Å². The second-order valence-corrected chi connectivity index (χ2v) is 6.47. The molecule has 144 valence electrons. The first-order valence-electron chi connectivity index (χ1n) is 9.16. The molecule has 1 aliphatic heterocycles. The fraction of sp³-hybridized carbons (Fsp3) is 0.300. The largest absolute Gasteiger partial charge is 0.481 e. The maximum atomic E-state index is 5.69. The van der Waals surface area contributed by atoms with E-state index in [2.05, 4.69) is 41.9 Å². The molecule has 3 heterocycles. The van der Waals surface area contributed by atoms with Crippen molar-refractivity contribution in [3.63, 3.8) is 0 Å². The Bertz CT molecular complexity index is 883. The summed E-state index contributed by atoms with van der Waals surface area (Å²) < 4.78 is 10.9. The first-order valence-corrected chi connectivity index (χ1v) is 9.16. The zero-order valence-electron chi connectivity index (χ0n) is 15.7. The molecule has 1 aromatic carbocycles. The Morgan fingerprint density at radius 2 is 1.75 bits per heavy atom. The van der Waals surface area contributed by atoms with E-state index in [0.717, 1.165) is 44.3 Å². The van der Waals surface area contributed by atoms with Gasteiger partial charge in [-0.3, -0.25) is 9.88 Å². The number of nitrogens with zero attached hydrogens (tertiary/aromatic N) is 6. The molecule has 2 aromatic heterocycles. The highest BCUT2D eigenvalue weighted by atomic mass is 16.5. The molecule has 0 bridgehead atoms. The van der Waals surface area contributed by atoms with Gasteiger partial charge < -0.3 is 14.4 Å². The maximum absolute atomic E-state index is 5.69. The highest BCUT2D eigenvalue weighted by Gasteiger charge is 2.18. The smallest absolute Gasteiger partial charge is 0.237 e. The van der Waals surface area contributed by atoms with Crippen LogP contribution in [0.25, 0.3) is 0 Å². The van der Waals surface area contributed by atoms with Crippen molar-refractivity contribution >= 4 is 5.82 Å². The monoisotopic (exact) mass is 378 g/mol. The molecule has 0 unspecified atom stereocenters. The Balaban J connectivity index is 1.30. The van der Waals surface area contributed by atoms with Crippen molar-refractivity contribution in [1.82, 2.24) is 24.8 Å². The number of benzene rings is 1. The zero-order chi connectivity index (χ0) is 19.2. The molecule has 1 saturated heterocycles. The van der Waals surface area contributed by atoms with Gasteiger partial charge in [0.15, 0.2) is 0 Å². The minimum absolute atomic E-state index is 0.493. The number of piperazine rings is 1. The second-order valence-electron chi connectivity index (χ2n) is 6.47. The van der Waals surface area contributed by atoms with Crippen LogP contribution in [0.4, 0.5) is 5.82 Å². The van der Waals surface area contributed by atoms with Gasteiger partial charge in [0.25, 0.3) is 0 Å². The highest BCUT2D eigenvalue weighted by molar-refractivity contribution is 5.41. The third-order valence-corrected chi connectivity index (χ3v) is 4.62. The minimum atomic E-state index is 0.493. The molecule has 0 atom stereocenters. The number of methoxy groups -OCH3 is 1. The molecule has 0 aliphatic carbocycles. The van der Waals surface area contributed by atoms with Gasteiger partial charge in [0.05, 0.1) is 13.3 Å². The molecule has 1 fully saturated rings. The summed E-state index contributed by atoms with van der Waals surface area (Å²) >= 11 is 0. The van der Waals surface area contributed by atoms with Gasteiger partial charge in [-0.1, -0.05) is 12.1 Å². The Morgan fingerprint density at radius 1 is 0.929 bits per heavy atom. The average molecular weight is 378 g/mol. The molecule has 8 nitrogen and oxygen atoms in total. The van der Waals surface area contributed by atoms with Crippen LogP contribution in [0.3, 0.4) is 0 Å². The van der Waals surface area contributed by atoms with Crippen molar-refractivity contribution in [3.05, 3.63) is 60.8 Å². The van der Waals surface area contributed by atoms with Crippen LogP contribution in [0.15, 0.2) is 55.2 Å². The second kappa shape index (κ2) is 8.62. The lowest BCUT2D eigenvalue weighted by Gasteiger charge is -2.35. The number of aromatic nitrogens is 4. The van der Waals surface area contributed by atoms with Crippen LogP contribution in [0.5, 0.6) is 17.5 Å². The number of hydrogen-bond donors (Lipinski definition) is 0. The molecular formula is C20H22N6O2. The van der Waals surface area contributed by atoms with E-state index in [4.69, 9.17) is 9.47 Å². The molecule has 0 N–H and O–H groups in total. The van der Waals surface area contributed by atoms with E-state index in [0.29, 0.717) is 11.8 Å². The Labute approximate surface area is 163 Å². The van der Waals surface area contributed by atoms with Gasteiger partial charge in [-0.25, -0.2) is 15.0 Å². The van der Waals surface area contributed by atoms with E-state index < -0.39 is 0 Å². The van der Waals surface area contributed by atoms with Gasteiger partial charge in [0.2, 0.25) is 11.8 Å². The fourth-order valence-corrected chi connectivity index (χ4v) is 3.13. The first kappa shape index (κ1) is 18.1. The molecule has 0 radical (unpaired) electrons. The first-order chi connectivity index (χ1) is 13.8. The van der Waals surface area contributed by atoms with Crippen molar-refractivity contribution in [2.75, 3.05) is 38.2 Å². The van der Waals surface area contributed by atoms with Gasteiger partial charge in [0, 0.05) is 51.2 Å². The van der Waals surface area contributed by atoms with Crippen LogP contribution in [-0.4, -0.2) is 58.1 Å². The van der Waals surface area contributed by atoms with Gasteiger partial charge in [-0.15, -0.1) is 0 Å². The number of rotatable bonds is 6. The normalized spacial score (nSPS) is 14.7. The number of ether oxygens (including phenoxy) is 2. The van der Waals surface area contributed by atoms with E-state index in [1.165, 1.54) is 5.56 Å². The van der Waals surface area contributed by atoms with E-state index in [1.54, 1.807) is 32.0 Å². The molecule has 0 saturated carbocycles. The van der Waals surface area contributed by atoms with Gasteiger partial charge in [-0.2, -0.15) is 0 Å². The summed E-state index contributed by atoms with van der Waals surface area (Å²) in [5.74, 6) is 2.76. The van der Waals surface area contributed by atoms with E-state index in [1.807, 2.05) is 18.2 Å². The van der Waals surface area contributed by atoms with Crippen LogP contribution in [0.1, 0.15) is 5.56 Å². The fourth-order valence-electron chi connectivity index (χ4n) is 3.13. The summed E-state index contributed by atoms with van der Waals surface area (Å²) in [5, 5.41) is 0. The summed E-state index contributed by atoms with van der Waals surface area (Å²) in [4.78, 5) is 21.2. The average Bonchev–Trinajstić information content (AvgIpc) is 2.76. The Morgan fingerprint density at radius 3 is 2.46 bits per heavy atom. The summed E-state index contributed by atoms with van der Waals surface area (Å²) in [5.41, 5.74) is 1.25. The predicted molar refractivity (Wildman–Crippen MR) is 105 cm³/mol. The van der Waals surface area contributed by atoms with Gasteiger partial charge >= 0.3 is 0 Å². The van der Waals surface area contributed by atoms with Gasteiger partial charge in [-0.05, 0) is 17.7 Å². The minimum Gasteiger partial charge on any atom is -0.481 e. The zero-order valence-corrected chi connectivity index (χ0v) is 15.7. The summed E-state index contributed by atoms with van der Waals surface area (Å²) in [6, 6.07) is 9.99. The van der Waals surface area contributed by atoms with Crippen molar-refractivity contribution in [1.29, 1.82) is 0 Å².